The van der Waals surface area contributed by atoms with Gasteiger partial charge in [-0.2, -0.15) is 0 Å². The van der Waals surface area contributed by atoms with Crippen molar-refractivity contribution in [3.63, 3.8) is 0 Å². The van der Waals surface area contributed by atoms with E-state index in [1.165, 1.54) is 19.3 Å². The molecule has 1 aliphatic carbocycles. The first-order chi connectivity index (χ1) is 8.11. The molecule has 2 rings (SSSR count). The minimum atomic E-state index is 0.255. The van der Waals surface area contributed by atoms with Crippen molar-refractivity contribution >= 4 is 5.91 Å². The fraction of sp³-hybridized carbons (Fsp3) is 0.929. The Hall–Kier alpha value is -0.570. The van der Waals surface area contributed by atoms with Gasteiger partial charge in [0, 0.05) is 18.5 Å². The molecule has 3 nitrogen and oxygen atoms in total. The fourth-order valence-corrected chi connectivity index (χ4v) is 3.57. The van der Waals surface area contributed by atoms with Crippen molar-refractivity contribution in [2.75, 3.05) is 13.1 Å². The lowest BCUT2D eigenvalue weighted by molar-refractivity contribution is -0.137. The van der Waals surface area contributed by atoms with E-state index in [0.717, 1.165) is 25.9 Å². The van der Waals surface area contributed by atoms with Crippen LogP contribution in [-0.2, 0) is 4.79 Å². The summed E-state index contributed by atoms with van der Waals surface area (Å²) in [5.41, 5.74) is 5.74. The Balaban J connectivity index is 1.95. The maximum atomic E-state index is 12.5. The van der Waals surface area contributed by atoms with Crippen LogP contribution in [0.1, 0.15) is 46.0 Å². The number of carbonyl (C=O) groups is 1. The van der Waals surface area contributed by atoms with Gasteiger partial charge in [-0.25, -0.2) is 0 Å². The average Bonchev–Trinajstić information content (AvgIpc) is 2.67. The molecule has 1 saturated heterocycles. The second kappa shape index (κ2) is 5.38. The molecule has 0 aromatic carbocycles. The first kappa shape index (κ1) is 12.9. The zero-order chi connectivity index (χ0) is 12.4. The summed E-state index contributed by atoms with van der Waals surface area (Å²) in [5.74, 6) is 1.90. The Kier molecular flexibility index (Phi) is 4.08. The molecule has 98 valence electrons. The van der Waals surface area contributed by atoms with Crippen LogP contribution in [0.15, 0.2) is 0 Å². The number of hydrogen-bond donors (Lipinski definition) is 1. The monoisotopic (exact) mass is 238 g/mol. The molecule has 1 heterocycles. The number of carbonyl (C=O) groups excluding carboxylic acids is 1. The zero-order valence-electron chi connectivity index (χ0n) is 11.2. The average molecular weight is 238 g/mol. The Labute approximate surface area is 105 Å². The lowest BCUT2D eigenvalue weighted by atomic mass is 9.80. The molecule has 4 unspecified atom stereocenters. The van der Waals surface area contributed by atoms with E-state index in [2.05, 4.69) is 18.7 Å². The summed E-state index contributed by atoms with van der Waals surface area (Å²) in [7, 11) is 0. The highest BCUT2D eigenvalue weighted by Crippen LogP contribution is 2.32. The van der Waals surface area contributed by atoms with Crippen LogP contribution in [0.25, 0.3) is 0 Å². The van der Waals surface area contributed by atoms with E-state index in [1.54, 1.807) is 0 Å². The third-order valence-corrected chi connectivity index (χ3v) is 4.53. The second-order valence-electron chi connectivity index (χ2n) is 6.15. The van der Waals surface area contributed by atoms with Crippen LogP contribution < -0.4 is 5.73 Å². The number of rotatable bonds is 2. The van der Waals surface area contributed by atoms with Gasteiger partial charge in [-0.1, -0.05) is 13.3 Å². The Morgan fingerprint density at radius 2 is 2.06 bits per heavy atom. The van der Waals surface area contributed by atoms with Gasteiger partial charge >= 0.3 is 0 Å². The van der Waals surface area contributed by atoms with E-state index >= 15 is 0 Å². The van der Waals surface area contributed by atoms with Gasteiger partial charge in [-0.3, -0.25) is 4.79 Å². The minimum absolute atomic E-state index is 0.255. The van der Waals surface area contributed by atoms with Crippen LogP contribution in [0.2, 0.25) is 0 Å². The summed E-state index contributed by atoms with van der Waals surface area (Å²) in [6.45, 7) is 6.14. The predicted molar refractivity (Wildman–Crippen MR) is 69.5 cm³/mol. The van der Waals surface area contributed by atoms with E-state index in [9.17, 15) is 4.79 Å². The molecule has 1 amide bonds. The third kappa shape index (κ3) is 2.82. The topological polar surface area (TPSA) is 46.3 Å². The molecule has 0 spiro atoms. The molecule has 1 saturated carbocycles. The number of nitrogens with two attached hydrogens (primary N) is 1. The summed E-state index contributed by atoms with van der Waals surface area (Å²) >= 11 is 0. The molecule has 0 bridgehead atoms. The van der Waals surface area contributed by atoms with Crippen molar-refractivity contribution < 1.29 is 4.79 Å². The van der Waals surface area contributed by atoms with Crippen LogP contribution in [0.3, 0.4) is 0 Å². The Bertz CT molecular complexity index is 279. The van der Waals surface area contributed by atoms with Crippen molar-refractivity contribution in [1.29, 1.82) is 0 Å². The molecule has 1 aliphatic heterocycles. The van der Waals surface area contributed by atoms with Gasteiger partial charge in [-0.05, 0) is 51.0 Å². The van der Waals surface area contributed by atoms with Gasteiger partial charge < -0.3 is 10.6 Å². The van der Waals surface area contributed by atoms with Crippen molar-refractivity contribution in [1.82, 2.24) is 4.90 Å². The van der Waals surface area contributed by atoms with Gasteiger partial charge in [-0.15, -0.1) is 0 Å². The fourth-order valence-electron chi connectivity index (χ4n) is 3.57. The lowest BCUT2D eigenvalue weighted by Crippen LogP contribution is -2.40. The van der Waals surface area contributed by atoms with Gasteiger partial charge in [0.05, 0.1) is 0 Å². The summed E-state index contributed by atoms with van der Waals surface area (Å²) in [4.78, 5) is 14.6. The van der Waals surface area contributed by atoms with Gasteiger partial charge in [0.25, 0.3) is 0 Å². The SMILES string of the molecule is CC1CC(C)N(C(=O)C2CCCC(CN)C2)C1. The summed E-state index contributed by atoms with van der Waals surface area (Å²) < 4.78 is 0. The number of hydrogen-bond acceptors (Lipinski definition) is 2. The van der Waals surface area contributed by atoms with Crippen LogP contribution >= 0.6 is 0 Å². The van der Waals surface area contributed by atoms with E-state index in [4.69, 9.17) is 5.73 Å². The van der Waals surface area contributed by atoms with Crippen LogP contribution in [-0.4, -0.2) is 29.9 Å². The van der Waals surface area contributed by atoms with Crippen molar-refractivity contribution in [2.45, 2.75) is 52.0 Å². The molecular formula is C14H26N2O. The quantitative estimate of drug-likeness (QED) is 0.800. The number of amides is 1. The molecule has 2 N–H and O–H groups in total. The third-order valence-electron chi connectivity index (χ3n) is 4.53. The normalized spacial score (nSPS) is 38.4. The molecule has 0 aromatic rings. The highest BCUT2D eigenvalue weighted by atomic mass is 16.2. The first-order valence-electron chi connectivity index (χ1n) is 7.12. The summed E-state index contributed by atoms with van der Waals surface area (Å²) in [6.07, 6.45) is 5.65. The molecular weight excluding hydrogens is 212 g/mol. The van der Waals surface area contributed by atoms with Crippen LogP contribution in [0.4, 0.5) is 0 Å². The molecule has 3 heteroatoms. The zero-order valence-corrected chi connectivity index (χ0v) is 11.2. The molecule has 4 atom stereocenters. The van der Waals surface area contributed by atoms with Gasteiger partial charge in [0.15, 0.2) is 0 Å². The van der Waals surface area contributed by atoms with Gasteiger partial charge in [0.2, 0.25) is 5.91 Å². The molecule has 17 heavy (non-hydrogen) atoms. The first-order valence-corrected chi connectivity index (χ1v) is 7.12. The molecule has 0 aromatic heterocycles. The molecule has 2 fully saturated rings. The highest BCUT2D eigenvalue weighted by Gasteiger charge is 2.35. The maximum Gasteiger partial charge on any atom is 0.225 e. The largest absolute Gasteiger partial charge is 0.339 e. The maximum absolute atomic E-state index is 12.5. The van der Waals surface area contributed by atoms with E-state index < -0.39 is 0 Å². The predicted octanol–water partition coefficient (Wildman–Crippen LogP) is 2.01. The van der Waals surface area contributed by atoms with Crippen molar-refractivity contribution in [2.24, 2.45) is 23.5 Å². The van der Waals surface area contributed by atoms with E-state index in [-0.39, 0.29) is 5.92 Å². The van der Waals surface area contributed by atoms with Crippen LogP contribution in [0.5, 0.6) is 0 Å². The van der Waals surface area contributed by atoms with Crippen molar-refractivity contribution in [3.05, 3.63) is 0 Å². The standard InChI is InChI=1S/C14H26N2O/c1-10-6-11(2)16(9-10)14(17)13-5-3-4-12(7-13)8-15/h10-13H,3-9,15H2,1-2H3. The second-order valence-corrected chi connectivity index (χ2v) is 6.15. The Morgan fingerprint density at radius 3 is 2.65 bits per heavy atom. The number of likely N-dealkylation sites (tertiary alicyclic amines) is 1. The Morgan fingerprint density at radius 1 is 1.29 bits per heavy atom. The van der Waals surface area contributed by atoms with E-state index in [1.807, 2.05) is 0 Å². The summed E-state index contributed by atoms with van der Waals surface area (Å²) in [6, 6.07) is 0.441. The lowest BCUT2D eigenvalue weighted by Gasteiger charge is -2.32. The highest BCUT2D eigenvalue weighted by molar-refractivity contribution is 5.79. The van der Waals surface area contributed by atoms with E-state index in [0.29, 0.717) is 23.8 Å². The van der Waals surface area contributed by atoms with Gasteiger partial charge in [0.1, 0.15) is 0 Å². The molecule has 0 radical (unpaired) electrons. The smallest absolute Gasteiger partial charge is 0.225 e. The number of nitrogens with zero attached hydrogens (tertiary/aromatic N) is 1. The summed E-state index contributed by atoms with van der Waals surface area (Å²) in [5, 5.41) is 0. The molecule has 2 aliphatic rings. The van der Waals surface area contributed by atoms with Crippen LogP contribution in [0, 0.1) is 17.8 Å². The minimum Gasteiger partial charge on any atom is -0.339 e. The van der Waals surface area contributed by atoms with Crippen molar-refractivity contribution in [3.8, 4) is 0 Å².